The molecule has 0 amide bonds. The standard InChI is InChI=1S/C19H27N2S4/c1-22-14-16-25(19-8-3-5-10-21-19)15-6-11-23-12-13-24-17-18-7-2-4-9-20-18/h2-5,7-10H,6,11-17H2,1H3/q+1. The molecule has 136 valence electrons. The molecule has 0 aliphatic rings. The summed E-state index contributed by atoms with van der Waals surface area (Å²) in [4.78, 5) is 8.95. The van der Waals surface area contributed by atoms with Crippen LogP contribution in [0.4, 0.5) is 0 Å². The number of nitrogens with zero attached hydrogens (tertiary/aromatic N) is 2. The van der Waals surface area contributed by atoms with Crippen molar-refractivity contribution >= 4 is 46.2 Å². The molecule has 2 rings (SSSR count). The van der Waals surface area contributed by atoms with Gasteiger partial charge in [0, 0.05) is 58.8 Å². The Morgan fingerprint density at radius 2 is 1.64 bits per heavy atom. The minimum atomic E-state index is 0.320. The van der Waals surface area contributed by atoms with Gasteiger partial charge in [-0.2, -0.15) is 35.3 Å². The molecule has 0 fully saturated rings. The van der Waals surface area contributed by atoms with Gasteiger partial charge in [0.1, 0.15) is 11.5 Å². The fourth-order valence-corrected chi connectivity index (χ4v) is 7.50. The summed E-state index contributed by atoms with van der Waals surface area (Å²) in [5, 5.41) is 1.30. The van der Waals surface area contributed by atoms with Gasteiger partial charge in [0.2, 0.25) is 5.03 Å². The lowest BCUT2D eigenvalue weighted by molar-refractivity contribution is 1.07. The maximum Gasteiger partial charge on any atom is 0.246 e. The van der Waals surface area contributed by atoms with E-state index in [0.29, 0.717) is 10.9 Å². The van der Waals surface area contributed by atoms with Gasteiger partial charge in [-0.15, -0.1) is 0 Å². The Balaban J connectivity index is 1.55. The Kier molecular flexibility index (Phi) is 11.6. The molecule has 25 heavy (non-hydrogen) atoms. The van der Waals surface area contributed by atoms with Crippen molar-refractivity contribution in [2.24, 2.45) is 0 Å². The van der Waals surface area contributed by atoms with E-state index in [9.17, 15) is 0 Å². The third kappa shape index (κ3) is 9.27. The Bertz CT molecular complexity index is 554. The van der Waals surface area contributed by atoms with E-state index in [1.807, 2.05) is 48.1 Å². The molecule has 0 saturated heterocycles. The van der Waals surface area contributed by atoms with Gasteiger partial charge in [0.15, 0.2) is 0 Å². The first-order chi connectivity index (χ1) is 12.4. The fourth-order valence-electron chi connectivity index (χ4n) is 2.23. The third-order valence-electron chi connectivity index (χ3n) is 3.49. The fraction of sp³-hybridized carbons (Fsp3) is 0.474. The Labute approximate surface area is 168 Å². The number of aromatic nitrogens is 2. The van der Waals surface area contributed by atoms with Crippen LogP contribution in [0.25, 0.3) is 0 Å². The van der Waals surface area contributed by atoms with E-state index in [-0.39, 0.29) is 0 Å². The molecule has 6 heteroatoms. The molecule has 2 aromatic heterocycles. The first-order valence-electron chi connectivity index (χ1n) is 8.53. The zero-order chi connectivity index (χ0) is 17.6. The van der Waals surface area contributed by atoms with Gasteiger partial charge in [-0.05, 0) is 30.2 Å². The first-order valence-corrected chi connectivity index (χ1v) is 13.8. The van der Waals surface area contributed by atoms with E-state index in [2.05, 4.69) is 52.3 Å². The molecule has 1 atom stereocenters. The zero-order valence-corrected chi connectivity index (χ0v) is 18.1. The molecule has 2 heterocycles. The van der Waals surface area contributed by atoms with E-state index in [0.717, 1.165) is 5.75 Å². The summed E-state index contributed by atoms with van der Waals surface area (Å²) in [6.07, 6.45) is 7.30. The summed E-state index contributed by atoms with van der Waals surface area (Å²) in [6.45, 7) is 0. The van der Waals surface area contributed by atoms with E-state index in [1.165, 1.54) is 51.7 Å². The molecular weight excluding hydrogens is 384 g/mol. The van der Waals surface area contributed by atoms with Gasteiger partial charge < -0.3 is 0 Å². The summed E-state index contributed by atoms with van der Waals surface area (Å²) in [5.41, 5.74) is 1.19. The van der Waals surface area contributed by atoms with Crippen molar-refractivity contribution in [3.63, 3.8) is 0 Å². The zero-order valence-electron chi connectivity index (χ0n) is 14.8. The summed E-state index contributed by atoms with van der Waals surface area (Å²) in [5.74, 6) is 8.52. The second-order valence-corrected chi connectivity index (χ2v) is 10.9. The third-order valence-corrected chi connectivity index (χ3v) is 9.00. The molecule has 0 aromatic carbocycles. The van der Waals surface area contributed by atoms with Crippen LogP contribution in [0, 0.1) is 0 Å². The molecule has 1 unspecified atom stereocenters. The highest BCUT2D eigenvalue weighted by atomic mass is 32.2. The topological polar surface area (TPSA) is 25.8 Å². The highest BCUT2D eigenvalue weighted by Gasteiger charge is 2.21. The number of hydrogen-bond acceptors (Lipinski definition) is 5. The smallest absolute Gasteiger partial charge is 0.246 e. The van der Waals surface area contributed by atoms with Crippen molar-refractivity contribution in [1.82, 2.24) is 9.97 Å². The van der Waals surface area contributed by atoms with Crippen molar-refractivity contribution in [1.29, 1.82) is 0 Å². The van der Waals surface area contributed by atoms with E-state index in [1.54, 1.807) is 0 Å². The second-order valence-electron chi connectivity index (χ2n) is 5.40. The molecule has 0 bridgehead atoms. The van der Waals surface area contributed by atoms with Crippen LogP contribution in [0.15, 0.2) is 53.8 Å². The number of rotatable bonds is 13. The predicted molar refractivity (Wildman–Crippen MR) is 120 cm³/mol. The lowest BCUT2D eigenvalue weighted by Crippen LogP contribution is -2.16. The quantitative estimate of drug-likeness (QED) is 0.346. The average molecular weight is 412 g/mol. The van der Waals surface area contributed by atoms with Crippen LogP contribution in [0.3, 0.4) is 0 Å². The maximum absolute atomic E-state index is 4.59. The maximum atomic E-state index is 4.59. The average Bonchev–Trinajstić information content (AvgIpc) is 2.67. The van der Waals surface area contributed by atoms with E-state index >= 15 is 0 Å². The lowest BCUT2D eigenvalue weighted by atomic mass is 10.4. The normalized spacial score (nSPS) is 12.2. The van der Waals surface area contributed by atoms with Gasteiger partial charge >= 0.3 is 0 Å². The monoisotopic (exact) mass is 411 g/mol. The highest BCUT2D eigenvalue weighted by Crippen LogP contribution is 2.17. The SMILES string of the molecule is CSCC[S+](CCCSCCSCc1ccccn1)c1ccccn1. The lowest BCUT2D eigenvalue weighted by Gasteiger charge is -2.07. The molecule has 0 aliphatic carbocycles. The molecule has 2 nitrogen and oxygen atoms in total. The molecule has 0 saturated carbocycles. The summed E-state index contributed by atoms with van der Waals surface area (Å²) in [6, 6.07) is 12.5. The van der Waals surface area contributed by atoms with Crippen LogP contribution >= 0.6 is 35.3 Å². The van der Waals surface area contributed by atoms with Gasteiger partial charge in [-0.25, -0.2) is 4.98 Å². The Morgan fingerprint density at radius 3 is 2.36 bits per heavy atom. The molecule has 2 aromatic rings. The number of hydrogen-bond donors (Lipinski definition) is 0. The van der Waals surface area contributed by atoms with E-state index < -0.39 is 0 Å². The largest absolute Gasteiger partial charge is 0.260 e. The van der Waals surface area contributed by atoms with Crippen LogP contribution < -0.4 is 0 Å². The molecule has 0 N–H and O–H groups in total. The van der Waals surface area contributed by atoms with Gasteiger partial charge in [0.05, 0.1) is 5.69 Å². The van der Waals surface area contributed by atoms with Gasteiger partial charge in [-0.3, -0.25) is 4.98 Å². The summed E-state index contributed by atoms with van der Waals surface area (Å²) >= 11 is 6.01. The molecule has 0 spiro atoms. The second kappa shape index (κ2) is 13.8. The number of pyridine rings is 2. The van der Waals surface area contributed by atoms with Crippen molar-refractivity contribution < 1.29 is 0 Å². The predicted octanol–water partition coefficient (Wildman–Crippen LogP) is 4.87. The van der Waals surface area contributed by atoms with Crippen LogP contribution in [-0.2, 0) is 16.6 Å². The van der Waals surface area contributed by atoms with Gasteiger partial charge in [0.25, 0.3) is 0 Å². The first kappa shape index (κ1) is 21.0. The molecule has 0 aliphatic heterocycles. The van der Waals surface area contributed by atoms with Crippen LogP contribution in [0.5, 0.6) is 0 Å². The summed E-state index contributed by atoms with van der Waals surface area (Å²) in [7, 11) is 0.320. The van der Waals surface area contributed by atoms with Crippen molar-refractivity contribution in [2.45, 2.75) is 17.2 Å². The molecule has 0 radical (unpaired) electrons. The minimum absolute atomic E-state index is 0.320. The van der Waals surface area contributed by atoms with Crippen LogP contribution in [-0.4, -0.2) is 50.7 Å². The molecular formula is C19H27N2S4+. The summed E-state index contributed by atoms with van der Waals surface area (Å²) < 4.78 is 0. The minimum Gasteiger partial charge on any atom is -0.260 e. The van der Waals surface area contributed by atoms with Crippen molar-refractivity contribution in [2.75, 3.05) is 40.8 Å². The number of thioether (sulfide) groups is 3. The van der Waals surface area contributed by atoms with Crippen molar-refractivity contribution in [3.05, 3.63) is 54.5 Å². The van der Waals surface area contributed by atoms with Gasteiger partial charge in [-0.1, -0.05) is 12.1 Å². The van der Waals surface area contributed by atoms with Crippen LogP contribution in [0.1, 0.15) is 12.1 Å². The van der Waals surface area contributed by atoms with Crippen molar-refractivity contribution in [3.8, 4) is 0 Å². The Morgan fingerprint density at radius 1 is 0.840 bits per heavy atom. The van der Waals surface area contributed by atoms with E-state index in [4.69, 9.17) is 0 Å². The highest BCUT2D eigenvalue weighted by molar-refractivity contribution is 8.02. The van der Waals surface area contributed by atoms with Crippen LogP contribution in [0.2, 0.25) is 0 Å². The Hall–Kier alpha value is -0.300.